The fraction of sp³-hybridized carbons (Fsp3) is 0.562. The van der Waals surface area contributed by atoms with Crippen molar-refractivity contribution in [3.8, 4) is 11.5 Å². The van der Waals surface area contributed by atoms with Gasteiger partial charge in [-0.1, -0.05) is 25.4 Å². The molecule has 23 heavy (non-hydrogen) atoms. The lowest BCUT2D eigenvalue weighted by Crippen LogP contribution is -2.55. The normalized spacial score (nSPS) is 15.6. The molecule has 1 aromatic carbocycles. The van der Waals surface area contributed by atoms with E-state index in [1.165, 1.54) is 0 Å². The van der Waals surface area contributed by atoms with Gasteiger partial charge < -0.3 is 20.5 Å². The Labute approximate surface area is 148 Å². The monoisotopic (exact) mass is 362 g/mol. The highest BCUT2D eigenvalue weighted by Crippen LogP contribution is 2.38. The largest absolute Gasteiger partial charge is 0.486 e. The van der Waals surface area contributed by atoms with Crippen LogP contribution in [-0.2, 0) is 11.2 Å². The molecule has 5 nitrogen and oxygen atoms in total. The van der Waals surface area contributed by atoms with E-state index in [4.69, 9.17) is 26.8 Å². The highest BCUT2D eigenvalue weighted by molar-refractivity contribution is 6.32. The molecule has 1 aliphatic rings. The first-order valence-corrected chi connectivity index (χ1v) is 7.82. The molecule has 0 fully saturated rings. The highest BCUT2D eigenvalue weighted by atomic mass is 35.5. The summed E-state index contributed by atoms with van der Waals surface area (Å²) in [4.78, 5) is 12.3. The highest BCUT2D eigenvalue weighted by Gasteiger charge is 2.28. The molecule has 1 aromatic rings. The van der Waals surface area contributed by atoms with Gasteiger partial charge in [-0.2, -0.15) is 0 Å². The van der Waals surface area contributed by atoms with Gasteiger partial charge in [0, 0.05) is 6.54 Å². The second-order valence-corrected chi connectivity index (χ2v) is 6.51. The van der Waals surface area contributed by atoms with E-state index in [0.717, 1.165) is 5.56 Å². The molecule has 0 spiro atoms. The second-order valence-electron chi connectivity index (χ2n) is 6.10. The topological polar surface area (TPSA) is 73.6 Å². The zero-order chi connectivity index (χ0) is 16.3. The van der Waals surface area contributed by atoms with Crippen molar-refractivity contribution < 1.29 is 14.3 Å². The van der Waals surface area contributed by atoms with E-state index in [1.807, 2.05) is 20.8 Å². The van der Waals surface area contributed by atoms with Gasteiger partial charge in [-0.05, 0) is 30.5 Å². The molecule has 7 heteroatoms. The van der Waals surface area contributed by atoms with Crippen molar-refractivity contribution in [2.24, 2.45) is 11.7 Å². The van der Waals surface area contributed by atoms with Crippen LogP contribution in [-0.4, -0.2) is 31.2 Å². The molecule has 0 bridgehead atoms. The number of benzene rings is 1. The molecule has 0 aliphatic carbocycles. The molecule has 3 N–H and O–H groups in total. The molecular weight excluding hydrogens is 339 g/mol. The summed E-state index contributed by atoms with van der Waals surface area (Å²) < 4.78 is 11.0. The minimum atomic E-state index is -0.422. The van der Waals surface area contributed by atoms with Crippen LogP contribution in [0.1, 0.15) is 26.3 Å². The maximum atomic E-state index is 12.3. The third-order valence-corrected chi connectivity index (χ3v) is 4.43. The van der Waals surface area contributed by atoms with Crippen molar-refractivity contribution >= 4 is 29.9 Å². The van der Waals surface area contributed by atoms with Crippen LogP contribution in [0, 0.1) is 5.92 Å². The molecule has 1 heterocycles. The predicted octanol–water partition coefficient (Wildman–Crippen LogP) is 2.57. The maximum Gasteiger partial charge on any atom is 0.224 e. The van der Waals surface area contributed by atoms with Crippen LogP contribution in [0.3, 0.4) is 0 Å². The van der Waals surface area contributed by atoms with E-state index in [9.17, 15) is 4.79 Å². The average molecular weight is 363 g/mol. The van der Waals surface area contributed by atoms with Crippen LogP contribution in [0.15, 0.2) is 12.1 Å². The Hall–Kier alpha value is -1.17. The third kappa shape index (κ3) is 4.66. The van der Waals surface area contributed by atoms with Gasteiger partial charge in [0.2, 0.25) is 5.91 Å². The minimum Gasteiger partial charge on any atom is -0.486 e. The van der Waals surface area contributed by atoms with Crippen LogP contribution < -0.4 is 20.5 Å². The summed E-state index contributed by atoms with van der Waals surface area (Å²) in [5.74, 6) is 1.29. The first-order chi connectivity index (χ1) is 10.4. The van der Waals surface area contributed by atoms with Crippen LogP contribution in [0.2, 0.25) is 5.02 Å². The summed E-state index contributed by atoms with van der Waals surface area (Å²) in [7, 11) is 0. The van der Waals surface area contributed by atoms with E-state index < -0.39 is 5.54 Å². The number of carbonyl (C=O) groups is 1. The van der Waals surface area contributed by atoms with Crippen molar-refractivity contribution in [3.63, 3.8) is 0 Å². The van der Waals surface area contributed by atoms with Gasteiger partial charge >= 0.3 is 0 Å². The number of fused-ring (bicyclic) bond motifs is 1. The van der Waals surface area contributed by atoms with E-state index >= 15 is 0 Å². The molecule has 1 aliphatic heterocycles. The number of ether oxygens (including phenoxy) is 2. The van der Waals surface area contributed by atoms with Crippen LogP contribution in [0.5, 0.6) is 11.5 Å². The van der Waals surface area contributed by atoms with E-state index in [1.54, 1.807) is 12.1 Å². The summed E-state index contributed by atoms with van der Waals surface area (Å²) >= 11 is 6.18. The molecule has 0 saturated carbocycles. The van der Waals surface area contributed by atoms with Crippen molar-refractivity contribution in [2.75, 3.05) is 19.8 Å². The van der Waals surface area contributed by atoms with Gasteiger partial charge in [0.05, 0.1) is 17.0 Å². The summed E-state index contributed by atoms with van der Waals surface area (Å²) in [6, 6.07) is 3.54. The van der Waals surface area contributed by atoms with Crippen LogP contribution in [0.4, 0.5) is 0 Å². The van der Waals surface area contributed by atoms with Crippen molar-refractivity contribution in [2.45, 2.75) is 32.7 Å². The number of hydrogen-bond acceptors (Lipinski definition) is 4. The van der Waals surface area contributed by atoms with Crippen LogP contribution in [0.25, 0.3) is 0 Å². The lowest BCUT2D eigenvalue weighted by Gasteiger charge is -2.33. The zero-order valence-electron chi connectivity index (χ0n) is 13.6. The fourth-order valence-corrected chi connectivity index (χ4v) is 2.53. The van der Waals surface area contributed by atoms with Crippen molar-refractivity contribution in [1.82, 2.24) is 5.32 Å². The Morgan fingerprint density at radius 2 is 2.04 bits per heavy atom. The Balaban J connectivity index is 0.00000264. The first kappa shape index (κ1) is 19.9. The number of amides is 1. The summed E-state index contributed by atoms with van der Waals surface area (Å²) in [5, 5.41) is 3.47. The molecule has 0 radical (unpaired) electrons. The van der Waals surface area contributed by atoms with E-state index in [2.05, 4.69) is 5.32 Å². The first-order valence-electron chi connectivity index (χ1n) is 7.45. The molecule has 0 saturated heterocycles. The van der Waals surface area contributed by atoms with Gasteiger partial charge in [0.1, 0.15) is 13.2 Å². The molecule has 0 aromatic heterocycles. The molecular formula is C16H24Cl2N2O3. The average Bonchev–Trinajstić information content (AvgIpc) is 2.46. The fourth-order valence-electron chi connectivity index (χ4n) is 2.25. The van der Waals surface area contributed by atoms with Gasteiger partial charge in [0.15, 0.2) is 11.5 Å². The van der Waals surface area contributed by atoms with Crippen LogP contribution >= 0.6 is 24.0 Å². The number of nitrogens with two attached hydrogens (primary N) is 1. The summed E-state index contributed by atoms with van der Waals surface area (Å²) in [6.07, 6.45) is 0.221. The number of hydrogen-bond donors (Lipinski definition) is 2. The summed E-state index contributed by atoms with van der Waals surface area (Å²) in [5.41, 5.74) is 6.16. The Morgan fingerprint density at radius 3 is 2.65 bits per heavy atom. The second kappa shape index (κ2) is 8.08. The molecule has 1 atom stereocenters. The number of halogens is 2. The lowest BCUT2D eigenvalue weighted by molar-refractivity contribution is -0.122. The van der Waals surface area contributed by atoms with Gasteiger partial charge in [0.25, 0.3) is 0 Å². The molecule has 1 amide bonds. The maximum absolute atomic E-state index is 12.3. The SMILES string of the molecule is CC(C)C(C)(CN)NC(=O)Cc1cc(Cl)c2c(c1)OCCO2.Cl. The quantitative estimate of drug-likeness (QED) is 0.843. The zero-order valence-corrected chi connectivity index (χ0v) is 15.2. The van der Waals surface area contributed by atoms with Crippen molar-refractivity contribution in [1.29, 1.82) is 0 Å². The predicted molar refractivity (Wildman–Crippen MR) is 93.8 cm³/mol. The Bertz CT molecular complexity index is 567. The number of nitrogens with one attached hydrogen (secondary N) is 1. The molecule has 1 unspecified atom stereocenters. The van der Waals surface area contributed by atoms with E-state index in [0.29, 0.717) is 36.3 Å². The van der Waals surface area contributed by atoms with E-state index in [-0.39, 0.29) is 30.7 Å². The lowest BCUT2D eigenvalue weighted by atomic mass is 9.88. The number of carbonyl (C=O) groups excluding carboxylic acids is 1. The standard InChI is InChI=1S/C16H23ClN2O3.ClH/c1-10(2)16(3,9-18)19-14(20)8-11-6-12(17)15-13(7-11)21-4-5-22-15;/h6-7,10H,4-5,8-9,18H2,1-3H3,(H,19,20);1H. The smallest absolute Gasteiger partial charge is 0.224 e. The summed E-state index contributed by atoms with van der Waals surface area (Å²) in [6.45, 7) is 7.38. The molecule has 2 rings (SSSR count). The van der Waals surface area contributed by atoms with Gasteiger partial charge in [-0.15, -0.1) is 12.4 Å². The number of rotatable bonds is 5. The minimum absolute atomic E-state index is 0. The third-order valence-electron chi connectivity index (χ3n) is 4.14. The Morgan fingerprint density at radius 1 is 1.39 bits per heavy atom. The molecule has 130 valence electrons. The van der Waals surface area contributed by atoms with Crippen molar-refractivity contribution in [3.05, 3.63) is 22.7 Å². The Kier molecular flexibility index (Phi) is 6.99. The van der Waals surface area contributed by atoms with Gasteiger partial charge in [-0.3, -0.25) is 4.79 Å². The van der Waals surface area contributed by atoms with Gasteiger partial charge in [-0.25, -0.2) is 0 Å².